The average molecular weight is 420 g/mol. The van der Waals surface area contributed by atoms with Crippen molar-refractivity contribution in [1.29, 1.82) is 0 Å². The van der Waals surface area contributed by atoms with E-state index in [1.807, 2.05) is 30.3 Å². The smallest absolute Gasteiger partial charge is 0.263 e. The quantitative estimate of drug-likeness (QED) is 0.659. The Morgan fingerprint density at radius 2 is 1.64 bits per heavy atom. The molecule has 3 aromatic rings. The predicted octanol–water partition coefficient (Wildman–Crippen LogP) is 3.62. The fourth-order valence-electron chi connectivity index (χ4n) is 2.03. The molecule has 3 rings (SSSR count). The normalized spacial score (nSPS) is 11.1. The second-order valence-corrected chi connectivity index (χ2v) is 7.53. The number of anilines is 1. The van der Waals surface area contributed by atoms with E-state index in [9.17, 15) is 8.42 Å². The zero-order chi connectivity index (χ0) is 17.7. The molecule has 1 aromatic heterocycles. The van der Waals surface area contributed by atoms with E-state index in [2.05, 4.69) is 30.6 Å². The number of nitrogens with zero attached hydrogens (tertiary/aromatic N) is 2. The molecule has 0 unspecified atom stereocenters. The molecule has 8 heteroatoms. The third-order valence-corrected chi connectivity index (χ3v) is 4.95. The molecule has 1 heterocycles. The molecule has 0 fully saturated rings. The number of hydrogen-bond acceptors (Lipinski definition) is 5. The van der Waals surface area contributed by atoms with Crippen LogP contribution in [0.3, 0.4) is 0 Å². The molecule has 2 aromatic carbocycles. The van der Waals surface area contributed by atoms with E-state index in [4.69, 9.17) is 4.74 Å². The molecule has 6 nitrogen and oxygen atoms in total. The van der Waals surface area contributed by atoms with Crippen molar-refractivity contribution in [2.45, 2.75) is 11.5 Å². The molecule has 0 bridgehead atoms. The number of ether oxygens (including phenoxy) is 1. The Balaban J connectivity index is 1.84. The van der Waals surface area contributed by atoms with Crippen LogP contribution in [0.4, 0.5) is 5.82 Å². The van der Waals surface area contributed by atoms with Gasteiger partial charge in [0.05, 0.1) is 11.1 Å². The van der Waals surface area contributed by atoms with Gasteiger partial charge in [-0.3, -0.25) is 4.72 Å². The SMILES string of the molecule is O=S(=O)(Nc1ncc(Br)nc1OCc1ccccc1)c1ccccc1. The molecule has 0 aliphatic carbocycles. The number of benzene rings is 2. The van der Waals surface area contributed by atoms with E-state index in [0.717, 1.165) is 5.56 Å². The highest BCUT2D eigenvalue weighted by molar-refractivity contribution is 9.10. The van der Waals surface area contributed by atoms with Crippen molar-refractivity contribution < 1.29 is 13.2 Å². The highest BCUT2D eigenvalue weighted by Gasteiger charge is 2.18. The fourth-order valence-corrected chi connectivity index (χ4v) is 3.33. The van der Waals surface area contributed by atoms with Crippen LogP contribution in [0.1, 0.15) is 5.56 Å². The Morgan fingerprint density at radius 1 is 1.00 bits per heavy atom. The molecule has 128 valence electrons. The molecule has 1 N–H and O–H groups in total. The summed E-state index contributed by atoms with van der Waals surface area (Å²) in [6, 6.07) is 17.5. The highest BCUT2D eigenvalue weighted by atomic mass is 79.9. The minimum Gasteiger partial charge on any atom is -0.470 e. The molecule has 0 saturated heterocycles. The van der Waals surface area contributed by atoms with E-state index in [1.54, 1.807) is 18.2 Å². The Morgan fingerprint density at radius 3 is 2.32 bits per heavy atom. The van der Waals surface area contributed by atoms with Gasteiger partial charge < -0.3 is 4.74 Å². The van der Waals surface area contributed by atoms with Crippen LogP contribution in [0.15, 0.2) is 76.4 Å². The third-order valence-electron chi connectivity index (χ3n) is 3.21. The van der Waals surface area contributed by atoms with Gasteiger partial charge in [-0.25, -0.2) is 18.4 Å². The minimum absolute atomic E-state index is 0.0305. The maximum Gasteiger partial charge on any atom is 0.263 e. The Bertz CT molecular complexity index is 951. The van der Waals surface area contributed by atoms with Crippen LogP contribution in [0.2, 0.25) is 0 Å². The van der Waals surface area contributed by atoms with Crippen molar-refractivity contribution in [2.24, 2.45) is 0 Å². The van der Waals surface area contributed by atoms with Gasteiger partial charge in [-0.2, -0.15) is 0 Å². The second-order valence-electron chi connectivity index (χ2n) is 5.04. The summed E-state index contributed by atoms with van der Waals surface area (Å²) in [4.78, 5) is 8.38. The molecule has 0 spiro atoms. The number of sulfonamides is 1. The van der Waals surface area contributed by atoms with E-state index in [-0.39, 0.29) is 23.2 Å². The molecule has 0 aliphatic rings. The number of rotatable bonds is 6. The number of aromatic nitrogens is 2. The third kappa shape index (κ3) is 4.55. The first-order valence-corrected chi connectivity index (χ1v) is 9.59. The van der Waals surface area contributed by atoms with Crippen LogP contribution >= 0.6 is 15.9 Å². The van der Waals surface area contributed by atoms with Crippen LogP contribution in [0.5, 0.6) is 5.88 Å². The van der Waals surface area contributed by atoms with Gasteiger partial charge in [-0.1, -0.05) is 48.5 Å². The zero-order valence-corrected chi connectivity index (χ0v) is 15.4. The summed E-state index contributed by atoms with van der Waals surface area (Å²) in [5, 5.41) is 0. The van der Waals surface area contributed by atoms with Gasteiger partial charge in [0.1, 0.15) is 11.2 Å². The van der Waals surface area contributed by atoms with Crippen LogP contribution in [-0.4, -0.2) is 18.4 Å². The van der Waals surface area contributed by atoms with Crippen LogP contribution in [0.25, 0.3) is 0 Å². The molecule has 0 radical (unpaired) electrons. The van der Waals surface area contributed by atoms with Crippen molar-refractivity contribution in [3.05, 3.63) is 77.0 Å². The molecule has 0 saturated carbocycles. The Kier molecular flexibility index (Phi) is 5.30. The summed E-state index contributed by atoms with van der Waals surface area (Å²) < 4.78 is 33.5. The molecule has 25 heavy (non-hydrogen) atoms. The monoisotopic (exact) mass is 419 g/mol. The summed E-state index contributed by atoms with van der Waals surface area (Å²) in [6.07, 6.45) is 1.40. The Labute approximate surface area is 154 Å². The largest absolute Gasteiger partial charge is 0.470 e. The molecular weight excluding hydrogens is 406 g/mol. The molecular formula is C17H14BrN3O3S. The maximum absolute atomic E-state index is 12.5. The van der Waals surface area contributed by atoms with Gasteiger partial charge in [-0.05, 0) is 33.6 Å². The molecule has 0 aliphatic heterocycles. The number of hydrogen-bond donors (Lipinski definition) is 1. The van der Waals surface area contributed by atoms with E-state index >= 15 is 0 Å². The standard InChI is InChI=1S/C17H14BrN3O3S/c18-15-11-19-16(21-25(22,23)14-9-5-2-6-10-14)17(20-15)24-12-13-7-3-1-4-8-13/h1-11H,12H2,(H,19,21). The van der Waals surface area contributed by atoms with Crippen LogP contribution in [-0.2, 0) is 16.6 Å². The van der Waals surface area contributed by atoms with Gasteiger partial charge in [0.25, 0.3) is 15.9 Å². The first-order chi connectivity index (χ1) is 12.0. The van der Waals surface area contributed by atoms with Crippen LogP contribution < -0.4 is 9.46 Å². The topological polar surface area (TPSA) is 81.2 Å². The van der Waals surface area contributed by atoms with Crippen molar-refractivity contribution >= 4 is 31.8 Å². The number of nitrogens with one attached hydrogen (secondary N) is 1. The fraction of sp³-hybridized carbons (Fsp3) is 0.0588. The molecule has 0 atom stereocenters. The van der Waals surface area contributed by atoms with Crippen molar-refractivity contribution in [3.63, 3.8) is 0 Å². The van der Waals surface area contributed by atoms with Crippen LogP contribution in [0, 0.1) is 0 Å². The van der Waals surface area contributed by atoms with Gasteiger partial charge in [0.2, 0.25) is 5.82 Å². The van der Waals surface area contributed by atoms with Gasteiger partial charge in [-0.15, -0.1) is 0 Å². The van der Waals surface area contributed by atoms with E-state index in [1.165, 1.54) is 18.3 Å². The first kappa shape index (κ1) is 17.4. The Hall–Kier alpha value is -2.45. The van der Waals surface area contributed by atoms with E-state index in [0.29, 0.717) is 4.60 Å². The minimum atomic E-state index is -3.78. The van der Waals surface area contributed by atoms with E-state index < -0.39 is 10.0 Å². The summed E-state index contributed by atoms with van der Waals surface area (Å²) >= 11 is 3.22. The van der Waals surface area contributed by atoms with Gasteiger partial charge >= 0.3 is 0 Å². The maximum atomic E-state index is 12.5. The lowest BCUT2D eigenvalue weighted by Gasteiger charge is -2.12. The number of halogens is 1. The van der Waals surface area contributed by atoms with Crippen molar-refractivity contribution in [3.8, 4) is 5.88 Å². The van der Waals surface area contributed by atoms with Gasteiger partial charge in [0, 0.05) is 0 Å². The summed E-state index contributed by atoms with van der Waals surface area (Å²) in [5.41, 5.74) is 0.932. The summed E-state index contributed by atoms with van der Waals surface area (Å²) in [5.74, 6) is 0.126. The predicted molar refractivity (Wildman–Crippen MR) is 97.8 cm³/mol. The summed E-state index contributed by atoms with van der Waals surface area (Å²) in [7, 11) is -3.78. The highest BCUT2D eigenvalue weighted by Crippen LogP contribution is 2.25. The second kappa shape index (κ2) is 7.62. The first-order valence-electron chi connectivity index (χ1n) is 7.32. The summed E-state index contributed by atoms with van der Waals surface area (Å²) in [6.45, 7) is 0.242. The lowest BCUT2D eigenvalue weighted by molar-refractivity contribution is 0.294. The average Bonchev–Trinajstić information content (AvgIpc) is 2.63. The van der Waals surface area contributed by atoms with Gasteiger partial charge in [0.15, 0.2) is 0 Å². The lowest BCUT2D eigenvalue weighted by atomic mass is 10.2. The zero-order valence-electron chi connectivity index (χ0n) is 13.0. The molecule has 0 amide bonds. The lowest BCUT2D eigenvalue weighted by Crippen LogP contribution is -2.15. The van der Waals surface area contributed by atoms with Crippen molar-refractivity contribution in [2.75, 3.05) is 4.72 Å². The van der Waals surface area contributed by atoms with Crippen molar-refractivity contribution in [1.82, 2.24) is 9.97 Å².